The summed E-state index contributed by atoms with van der Waals surface area (Å²) in [6.07, 6.45) is 1.95. The van der Waals surface area contributed by atoms with E-state index < -0.39 is 11.8 Å². The minimum Gasteiger partial charge on any atom is -0.507 e. The molecule has 0 spiro atoms. The summed E-state index contributed by atoms with van der Waals surface area (Å²) in [7, 11) is 1.62. The highest BCUT2D eigenvalue weighted by atomic mass is 16.3. The first-order chi connectivity index (χ1) is 15.4. The second-order valence-electron chi connectivity index (χ2n) is 8.27. The molecule has 0 bridgehead atoms. The molecule has 0 heterocycles. The van der Waals surface area contributed by atoms with Gasteiger partial charge in [-0.3, -0.25) is 14.4 Å². The van der Waals surface area contributed by atoms with E-state index in [2.05, 4.69) is 0 Å². The average Bonchev–Trinajstić information content (AvgIpc) is 2.80. The van der Waals surface area contributed by atoms with Gasteiger partial charge in [-0.25, -0.2) is 0 Å². The van der Waals surface area contributed by atoms with Gasteiger partial charge in [0.15, 0.2) is 11.6 Å². The summed E-state index contributed by atoms with van der Waals surface area (Å²) >= 11 is 0. The molecule has 3 aromatic carbocycles. The predicted octanol–water partition coefficient (Wildman–Crippen LogP) is 4.59. The van der Waals surface area contributed by atoms with Crippen LogP contribution in [0, 0.1) is 11.8 Å². The number of carbonyl (C=O) groups is 3. The summed E-state index contributed by atoms with van der Waals surface area (Å²) in [4.78, 5) is 42.2. The molecule has 32 heavy (non-hydrogen) atoms. The topological polar surface area (TPSA) is 101 Å². The van der Waals surface area contributed by atoms with E-state index >= 15 is 0 Å². The quantitative estimate of drug-likeness (QED) is 0.440. The van der Waals surface area contributed by atoms with Crippen LogP contribution in [0.5, 0.6) is 5.75 Å². The molecule has 1 aliphatic rings. The predicted molar refractivity (Wildman–Crippen MR) is 125 cm³/mol. The smallest absolute Gasteiger partial charge is 0.231 e. The Labute approximate surface area is 186 Å². The minimum atomic E-state index is -1.11. The number of phenols is 1. The van der Waals surface area contributed by atoms with Crippen molar-refractivity contribution < 1.29 is 19.5 Å². The molecule has 1 amide bonds. The third-order valence-electron chi connectivity index (χ3n) is 6.33. The molecule has 6 heteroatoms. The van der Waals surface area contributed by atoms with E-state index in [1.54, 1.807) is 55.6 Å². The highest BCUT2D eigenvalue weighted by Crippen LogP contribution is 2.40. The van der Waals surface area contributed by atoms with E-state index in [-0.39, 0.29) is 23.2 Å². The standard InChI is InChI=1S/C26H26N2O4/c1-3-4-8-18(26(32)28(2)20-12-6-5-11-19(20)27)23-24(30)16-10-7-9-15-21(29)14-13-17(22(15)16)25(23)31/h5-7,9-14,18,23,29H,3-4,8,27H2,1-2H3. The van der Waals surface area contributed by atoms with Gasteiger partial charge in [0.25, 0.3) is 0 Å². The maximum atomic E-state index is 13.6. The maximum absolute atomic E-state index is 13.6. The lowest BCUT2D eigenvalue weighted by molar-refractivity contribution is -0.123. The summed E-state index contributed by atoms with van der Waals surface area (Å²) < 4.78 is 0. The molecule has 0 saturated carbocycles. The van der Waals surface area contributed by atoms with E-state index in [0.29, 0.717) is 46.1 Å². The number of anilines is 2. The Balaban J connectivity index is 1.80. The van der Waals surface area contributed by atoms with Crippen LogP contribution < -0.4 is 10.6 Å². The fourth-order valence-electron chi connectivity index (χ4n) is 4.64. The lowest BCUT2D eigenvalue weighted by atomic mass is 9.72. The van der Waals surface area contributed by atoms with Crippen LogP contribution in [-0.2, 0) is 4.79 Å². The molecule has 6 nitrogen and oxygen atoms in total. The Kier molecular flexibility index (Phi) is 5.70. The Morgan fingerprint density at radius 3 is 2.41 bits per heavy atom. The summed E-state index contributed by atoms with van der Waals surface area (Å²) in [5, 5.41) is 11.1. The van der Waals surface area contributed by atoms with Crippen molar-refractivity contribution in [1.82, 2.24) is 0 Å². The van der Waals surface area contributed by atoms with Gasteiger partial charge in [0.05, 0.1) is 23.2 Å². The Bertz CT molecular complexity index is 1210. The molecule has 0 aromatic heterocycles. The second kappa shape index (κ2) is 8.46. The number of nitrogen functional groups attached to an aromatic ring is 1. The van der Waals surface area contributed by atoms with Crippen molar-refractivity contribution in [2.24, 2.45) is 11.8 Å². The summed E-state index contributed by atoms with van der Waals surface area (Å²) in [6, 6.07) is 15.1. The van der Waals surface area contributed by atoms with E-state index in [0.717, 1.165) is 6.42 Å². The molecule has 3 aromatic rings. The first-order valence-corrected chi connectivity index (χ1v) is 10.8. The third kappa shape index (κ3) is 3.42. The number of para-hydroxylation sites is 2. The monoisotopic (exact) mass is 430 g/mol. The van der Waals surface area contributed by atoms with Crippen LogP contribution in [0.25, 0.3) is 10.8 Å². The van der Waals surface area contributed by atoms with Gasteiger partial charge < -0.3 is 15.7 Å². The van der Waals surface area contributed by atoms with Crippen molar-refractivity contribution in [3.05, 3.63) is 65.7 Å². The number of hydrogen-bond acceptors (Lipinski definition) is 5. The number of unbranched alkanes of at least 4 members (excludes halogenated alkanes) is 1. The average molecular weight is 431 g/mol. The minimum absolute atomic E-state index is 0.0162. The number of Topliss-reactive ketones (excluding diaryl/α,β-unsaturated/α-hetero) is 2. The zero-order valence-corrected chi connectivity index (χ0v) is 18.2. The number of phenolic OH excluding ortho intramolecular Hbond substituents is 1. The van der Waals surface area contributed by atoms with Crippen molar-refractivity contribution in [1.29, 1.82) is 0 Å². The van der Waals surface area contributed by atoms with Gasteiger partial charge in [-0.15, -0.1) is 0 Å². The van der Waals surface area contributed by atoms with E-state index in [9.17, 15) is 19.5 Å². The largest absolute Gasteiger partial charge is 0.507 e. The lowest BCUT2D eigenvalue weighted by Crippen LogP contribution is -2.44. The van der Waals surface area contributed by atoms with Crippen molar-refractivity contribution in [3.63, 3.8) is 0 Å². The number of nitrogens with zero attached hydrogens (tertiary/aromatic N) is 1. The normalized spacial score (nSPS) is 16.2. The van der Waals surface area contributed by atoms with Gasteiger partial charge in [0.1, 0.15) is 5.75 Å². The summed E-state index contributed by atoms with van der Waals surface area (Å²) in [5.74, 6) is -2.95. The van der Waals surface area contributed by atoms with Crippen LogP contribution in [0.1, 0.15) is 46.9 Å². The molecule has 4 rings (SSSR count). The van der Waals surface area contributed by atoms with Gasteiger partial charge >= 0.3 is 0 Å². The molecule has 164 valence electrons. The molecule has 2 unspecified atom stereocenters. The Morgan fingerprint density at radius 1 is 1.03 bits per heavy atom. The number of carbonyl (C=O) groups excluding carboxylic acids is 3. The molecule has 1 aliphatic carbocycles. The van der Waals surface area contributed by atoms with E-state index in [1.807, 2.05) is 6.92 Å². The number of aromatic hydroxyl groups is 1. The van der Waals surface area contributed by atoms with Crippen LogP contribution in [0.15, 0.2) is 54.6 Å². The first kappa shape index (κ1) is 21.6. The first-order valence-electron chi connectivity index (χ1n) is 10.8. The molecule has 0 saturated heterocycles. The summed E-state index contributed by atoms with van der Waals surface area (Å²) in [5.41, 5.74) is 7.80. The fourth-order valence-corrected chi connectivity index (χ4v) is 4.64. The molecule has 2 atom stereocenters. The number of amides is 1. The maximum Gasteiger partial charge on any atom is 0.231 e. The fraction of sp³-hybridized carbons (Fsp3) is 0.269. The second-order valence-corrected chi connectivity index (χ2v) is 8.27. The highest BCUT2D eigenvalue weighted by molar-refractivity contribution is 6.31. The number of hydrogen-bond donors (Lipinski definition) is 2. The number of benzene rings is 3. The van der Waals surface area contributed by atoms with Crippen molar-refractivity contribution >= 4 is 39.6 Å². The Morgan fingerprint density at radius 2 is 1.72 bits per heavy atom. The molecule has 0 aliphatic heterocycles. The molecule has 0 fully saturated rings. The molecular formula is C26H26N2O4. The van der Waals surface area contributed by atoms with Gasteiger partial charge in [0, 0.05) is 28.9 Å². The number of ketones is 2. The van der Waals surface area contributed by atoms with E-state index in [1.165, 1.54) is 11.0 Å². The molecule has 0 radical (unpaired) electrons. The van der Waals surface area contributed by atoms with Crippen molar-refractivity contribution in [2.45, 2.75) is 26.2 Å². The van der Waals surface area contributed by atoms with Crippen LogP contribution >= 0.6 is 0 Å². The zero-order valence-electron chi connectivity index (χ0n) is 18.2. The van der Waals surface area contributed by atoms with Crippen LogP contribution in [0.3, 0.4) is 0 Å². The Hall–Kier alpha value is -3.67. The van der Waals surface area contributed by atoms with Crippen molar-refractivity contribution in [3.8, 4) is 5.75 Å². The number of nitrogens with two attached hydrogens (primary N) is 1. The lowest BCUT2D eigenvalue weighted by Gasteiger charge is -2.32. The summed E-state index contributed by atoms with van der Waals surface area (Å²) in [6.45, 7) is 2.00. The van der Waals surface area contributed by atoms with Gasteiger partial charge in [-0.2, -0.15) is 0 Å². The van der Waals surface area contributed by atoms with Gasteiger partial charge in [0.2, 0.25) is 5.91 Å². The molecular weight excluding hydrogens is 404 g/mol. The highest BCUT2D eigenvalue weighted by Gasteiger charge is 2.44. The van der Waals surface area contributed by atoms with Crippen molar-refractivity contribution in [2.75, 3.05) is 17.7 Å². The number of rotatable bonds is 6. The zero-order chi connectivity index (χ0) is 23.0. The SMILES string of the molecule is CCCCC(C(=O)N(C)c1ccccc1N)C1C(=O)c2cccc3c(O)ccc(c23)C1=O. The van der Waals surface area contributed by atoms with Crippen LogP contribution in [-0.4, -0.2) is 29.6 Å². The van der Waals surface area contributed by atoms with Crippen LogP contribution in [0.2, 0.25) is 0 Å². The van der Waals surface area contributed by atoms with Crippen LogP contribution in [0.4, 0.5) is 11.4 Å². The van der Waals surface area contributed by atoms with Gasteiger partial charge in [-0.05, 0) is 30.7 Å². The van der Waals surface area contributed by atoms with Gasteiger partial charge in [-0.1, -0.05) is 50.1 Å². The van der Waals surface area contributed by atoms with E-state index in [4.69, 9.17) is 5.73 Å². The third-order valence-corrected chi connectivity index (χ3v) is 6.33. The molecule has 3 N–H and O–H groups in total.